The van der Waals surface area contributed by atoms with Gasteiger partial charge in [-0.05, 0) is 53.6 Å². The molecule has 34 nitrogen and oxygen atoms in total. The Hall–Kier alpha value is -6.26. The third-order valence-corrected chi connectivity index (χ3v) is 18.6. The molecule has 1 aromatic heterocycles. The number of azide groups is 1. The minimum Gasteiger partial charge on any atom is -0.478 e. The number of amides is 2. The van der Waals surface area contributed by atoms with Gasteiger partial charge in [0.1, 0.15) is 24.9 Å². The number of nitrogen functional groups attached to an aromatic ring is 2. The van der Waals surface area contributed by atoms with Crippen molar-refractivity contribution in [1.29, 1.82) is 5.41 Å². The number of phosphoric ester groups is 1. The summed E-state index contributed by atoms with van der Waals surface area (Å²) in [4.78, 5) is 92.4. The molecule has 430 valence electrons. The van der Waals surface area contributed by atoms with Gasteiger partial charge in [-0.15, -0.1) is 0 Å². The molecule has 41 heteroatoms. The number of carbonyl (C=O) groups is 3. The number of hydrogen-bond acceptors (Lipinski definition) is 24. The van der Waals surface area contributed by atoms with Crippen LogP contribution < -0.4 is 33.1 Å². The first-order chi connectivity index (χ1) is 37.3. The highest BCUT2D eigenvalue weighted by molar-refractivity contribution is 8.76. The molecular formula is C39H41N10O24P3S4. The van der Waals surface area contributed by atoms with Crippen LogP contribution in [0.1, 0.15) is 45.3 Å². The number of nitrogens with two attached hydrogens (primary N) is 2. The van der Waals surface area contributed by atoms with Gasteiger partial charge in [0.05, 0.1) is 41.4 Å². The number of nitrogens with one attached hydrogen (secondary N) is 3. The zero-order chi connectivity index (χ0) is 59.1. The summed E-state index contributed by atoms with van der Waals surface area (Å²) in [5.41, 5.74) is 16.7. The van der Waals surface area contributed by atoms with Gasteiger partial charge in [0.15, 0.2) is 21.1 Å². The number of aromatic carboxylic acids is 1. The maximum absolute atomic E-state index is 13.5. The highest BCUT2D eigenvalue weighted by Crippen LogP contribution is 2.66. The monoisotopic (exact) mass is 1250 g/mol. The molecule has 80 heavy (non-hydrogen) atoms. The molecule has 1 fully saturated rings. The highest BCUT2D eigenvalue weighted by atomic mass is 33.1. The number of anilines is 2. The summed E-state index contributed by atoms with van der Waals surface area (Å²) in [7, 11) is -25.1. The van der Waals surface area contributed by atoms with Crippen molar-refractivity contribution in [2.24, 2.45) is 5.11 Å². The second-order valence-corrected chi connectivity index (χ2v) is 25.8. The van der Waals surface area contributed by atoms with Gasteiger partial charge in [0, 0.05) is 64.1 Å². The first-order valence-corrected chi connectivity index (χ1v) is 31.6. The van der Waals surface area contributed by atoms with Gasteiger partial charge in [-0.25, -0.2) is 23.3 Å². The predicted molar refractivity (Wildman–Crippen MR) is 277 cm³/mol. The van der Waals surface area contributed by atoms with E-state index in [9.17, 15) is 73.7 Å². The molecule has 0 radical (unpaired) electrons. The normalized spacial score (nSPS) is 17.1. The molecule has 5 atom stereocenters. The van der Waals surface area contributed by atoms with Gasteiger partial charge in [-0.1, -0.05) is 38.5 Å². The SMILES string of the molecule is [N-]=[N+]=NCO[C@@H]1C[C@H](n2cc(C#CCNC(=O)CCSSCCNC(=O)c3ccc(C(=O)O)c(-c4c5ccc(=N)c(S(=O)(=O)O)c-5oc5c(S(=O)(=O)O)c(N)ccc45)c3)c(N)nc2=O)O[C@@H]1COP(=O)(O)OP(=O)(O)OP(=O)(O)O. The fourth-order valence-corrected chi connectivity index (χ4v) is 13.8. The molecule has 3 heterocycles. The zero-order valence-electron chi connectivity index (χ0n) is 39.9. The van der Waals surface area contributed by atoms with Crippen molar-refractivity contribution in [3.05, 3.63) is 91.6 Å². The first kappa shape index (κ1) is 62.9. The lowest BCUT2D eigenvalue weighted by Crippen LogP contribution is -2.29. The number of carbonyl (C=O) groups excluding carboxylic acids is 2. The number of hydrogen-bond donors (Lipinski definition) is 12. The third kappa shape index (κ3) is 16.2. The fraction of sp³-hybridized carbons (Fsp3) is 0.282. The van der Waals surface area contributed by atoms with E-state index in [1.165, 1.54) is 33.7 Å². The quantitative estimate of drug-likeness (QED) is 0.00403. The van der Waals surface area contributed by atoms with Crippen LogP contribution in [0.15, 0.2) is 72.8 Å². The number of rotatable bonds is 24. The number of carboxylic acid groups (broad SMARTS) is 1. The van der Waals surface area contributed by atoms with Crippen LogP contribution in [-0.4, -0.2) is 128 Å². The lowest BCUT2D eigenvalue weighted by molar-refractivity contribution is -0.120. The molecule has 1 aliphatic carbocycles. The molecule has 3 aliphatic rings. The van der Waals surface area contributed by atoms with Crippen LogP contribution >= 0.6 is 45.1 Å². The molecule has 14 N–H and O–H groups in total. The molecule has 0 bridgehead atoms. The zero-order valence-corrected chi connectivity index (χ0v) is 45.9. The van der Waals surface area contributed by atoms with Crippen molar-refractivity contribution in [3.63, 3.8) is 0 Å². The van der Waals surface area contributed by atoms with Crippen LogP contribution in [-0.2, 0) is 61.3 Å². The Labute approximate surface area is 456 Å². The van der Waals surface area contributed by atoms with E-state index < -0.39 is 137 Å². The van der Waals surface area contributed by atoms with Gasteiger partial charge >= 0.3 is 35.1 Å². The smallest absolute Gasteiger partial charge is 0.478 e. The van der Waals surface area contributed by atoms with Gasteiger partial charge in [-0.2, -0.15) is 30.4 Å². The standard InChI is InChI=1S/C39H41N10O24P3S4/c40-25-7-5-22-31(23-6-8-26(41)35(80(65,66)67)33(23)71-32(22)34(25)79(62,63)64)24-14-19(3-4-21(24)38(52)53)37(51)45-11-13-78-77-12-9-29(50)44-10-1-2-20-16-49(39(54)47-36(20)42)30-15-27(68-18-46-48-43)28(70-30)17-69-75(58,59)73-76(60,61)72-74(55,56)57/h3-8,14,16,27-28,30,40H,9-13,15,17-18,41H2,(H,44,50)(H,45,51)(H,52,53)(H,58,59)(H,60,61)(H2,42,47,54)(H2,55,56,57)(H,62,63,64)(H,65,66,67)/t27-,28-,30-/m1/s1. The van der Waals surface area contributed by atoms with Crippen molar-refractivity contribution in [3.8, 4) is 34.3 Å². The van der Waals surface area contributed by atoms with Gasteiger partial charge < -0.3 is 60.7 Å². The first-order valence-electron chi connectivity index (χ1n) is 21.7. The maximum atomic E-state index is 13.5. The van der Waals surface area contributed by atoms with Crippen LogP contribution in [0.3, 0.4) is 0 Å². The number of aromatic nitrogens is 2. The number of ether oxygens (including phenoxy) is 2. The van der Waals surface area contributed by atoms with Gasteiger partial charge in [0.25, 0.3) is 26.1 Å². The minimum absolute atomic E-state index is 0.00737. The van der Waals surface area contributed by atoms with Crippen molar-refractivity contribution < 1.29 is 106 Å². The molecule has 3 aromatic rings. The molecule has 2 unspecified atom stereocenters. The number of phosphoric acid groups is 3. The number of benzene rings is 3. The summed E-state index contributed by atoms with van der Waals surface area (Å²) >= 11 is 0. The van der Waals surface area contributed by atoms with Crippen LogP contribution in [0.5, 0.6) is 0 Å². The van der Waals surface area contributed by atoms with Gasteiger partial charge in [0.2, 0.25) is 5.91 Å². The van der Waals surface area contributed by atoms with E-state index >= 15 is 0 Å². The predicted octanol–water partition coefficient (Wildman–Crippen LogP) is 2.55. The Morgan fingerprint density at radius 3 is 2.33 bits per heavy atom. The Bertz CT molecular complexity index is 3880. The van der Waals surface area contributed by atoms with Crippen molar-refractivity contribution >= 4 is 106 Å². The van der Waals surface area contributed by atoms with Crippen LogP contribution in [0.4, 0.5) is 11.5 Å². The molecule has 0 spiro atoms. The topological polar surface area (TPSA) is 555 Å². The fourth-order valence-electron chi connectivity index (χ4n) is 7.41. The van der Waals surface area contributed by atoms with Crippen LogP contribution in [0, 0.1) is 17.3 Å². The summed E-state index contributed by atoms with van der Waals surface area (Å²) < 4.78 is 135. The van der Waals surface area contributed by atoms with E-state index in [0.29, 0.717) is 5.75 Å². The summed E-state index contributed by atoms with van der Waals surface area (Å²) in [5, 5.41) is 25.8. The molecule has 2 aliphatic heterocycles. The Morgan fingerprint density at radius 2 is 1.66 bits per heavy atom. The van der Waals surface area contributed by atoms with Crippen molar-refractivity contribution in [1.82, 2.24) is 20.2 Å². The second kappa shape index (κ2) is 25.7. The number of carboxylic acids is 1. The largest absolute Gasteiger partial charge is 0.490 e. The maximum Gasteiger partial charge on any atom is 0.490 e. The van der Waals surface area contributed by atoms with E-state index in [1.807, 2.05) is 0 Å². The van der Waals surface area contributed by atoms with Gasteiger partial charge in [-0.3, -0.25) is 33.2 Å². The average molecular weight is 1250 g/mol. The molecule has 2 amide bonds. The number of fused-ring (bicyclic) bond motifs is 2. The third-order valence-electron chi connectivity index (χ3n) is 10.6. The summed E-state index contributed by atoms with van der Waals surface area (Å²) in [6.07, 6.45) is -2.96. The van der Waals surface area contributed by atoms with E-state index in [1.54, 1.807) is 0 Å². The highest BCUT2D eigenvalue weighted by Gasteiger charge is 2.44. The minimum atomic E-state index is -5.86. The summed E-state index contributed by atoms with van der Waals surface area (Å²) in [6, 6.07) is 7.70. The van der Waals surface area contributed by atoms with Crippen molar-refractivity contribution in [2.45, 2.75) is 41.1 Å². The van der Waals surface area contributed by atoms with E-state index in [4.69, 9.17) is 46.1 Å². The Morgan fingerprint density at radius 1 is 0.963 bits per heavy atom. The Balaban J connectivity index is 1.04. The molecular weight excluding hydrogens is 1210 g/mol. The van der Waals surface area contributed by atoms with E-state index in [-0.39, 0.29) is 70.7 Å². The lowest BCUT2D eigenvalue weighted by atomic mass is 9.89. The second-order valence-electron chi connectivity index (χ2n) is 15.9. The molecule has 6 rings (SSSR count). The van der Waals surface area contributed by atoms with Crippen molar-refractivity contribution in [2.75, 3.05) is 49.4 Å². The Kier molecular flexibility index (Phi) is 20.2. The van der Waals surface area contributed by atoms with E-state index in [2.05, 4.69) is 50.6 Å². The lowest BCUT2D eigenvalue weighted by Gasteiger charge is -2.21. The van der Waals surface area contributed by atoms with E-state index in [0.717, 1.165) is 41.1 Å². The summed E-state index contributed by atoms with van der Waals surface area (Å²) in [6.45, 7) is -1.76. The molecule has 1 saturated heterocycles. The number of nitrogens with zero attached hydrogens (tertiary/aromatic N) is 5. The van der Waals surface area contributed by atoms with Crippen LogP contribution in [0.2, 0.25) is 0 Å². The summed E-state index contributed by atoms with van der Waals surface area (Å²) in [5.74, 6) is 2.06. The van der Waals surface area contributed by atoms with Crippen LogP contribution in [0.25, 0.3) is 43.9 Å². The molecule has 2 aromatic carbocycles. The molecule has 0 saturated carbocycles. The average Bonchev–Trinajstić information content (AvgIpc) is 3.72.